The third kappa shape index (κ3) is 4.79. The molecule has 22 heavy (non-hydrogen) atoms. The second-order valence-corrected chi connectivity index (χ2v) is 5.13. The van der Waals surface area contributed by atoms with Crippen LogP contribution in [0.4, 0.5) is 5.69 Å². The van der Waals surface area contributed by atoms with E-state index in [1.54, 1.807) is 30.4 Å². The molecule has 0 saturated carbocycles. The molecule has 1 heterocycles. The van der Waals surface area contributed by atoms with E-state index in [-0.39, 0.29) is 12.5 Å². The molecule has 0 aliphatic rings. The van der Waals surface area contributed by atoms with Crippen LogP contribution in [0.25, 0.3) is 0 Å². The third-order valence-electron chi connectivity index (χ3n) is 3.15. The monoisotopic (exact) mass is 322 g/mol. The van der Waals surface area contributed by atoms with E-state index in [0.717, 1.165) is 11.4 Å². The summed E-state index contributed by atoms with van der Waals surface area (Å²) >= 11 is 6.06. The minimum absolute atomic E-state index is 0.0478. The fourth-order valence-corrected chi connectivity index (χ4v) is 2.17. The van der Waals surface area contributed by atoms with Gasteiger partial charge in [-0.15, -0.1) is 0 Å². The van der Waals surface area contributed by atoms with Crippen LogP contribution in [0.5, 0.6) is 0 Å². The zero-order chi connectivity index (χ0) is 15.8. The number of nitrogens with one attached hydrogen (secondary N) is 1. The Balaban J connectivity index is 1.94. The van der Waals surface area contributed by atoms with Crippen LogP contribution in [0, 0.1) is 0 Å². The number of ether oxygens (including phenoxy) is 1. The third-order valence-corrected chi connectivity index (χ3v) is 3.48. The molecule has 1 N–H and O–H groups in total. The molecule has 0 unspecified atom stereocenters. The van der Waals surface area contributed by atoms with Crippen LogP contribution < -0.4 is 5.32 Å². The lowest BCUT2D eigenvalue weighted by atomic mass is 10.3. The lowest BCUT2D eigenvalue weighted by Crippen LogP contribution is -2.37. The maximum absolute atomic E-state index is 12.4. The Morgan fingerprint density at radius 2 is 2.14 bits per heavy atom. The first-order chi connectivity index (χ1) is 10.7. The number of amides is 1. The second-order valence-electron chi connectivity index (χ2n) is 4.72. The first-order valence-electron chi connectivity index (χ1n) is 6.98. The molecule has 118 valence electrons. The molecule has 6 heteroatoms. The average Bonchev–Trinajstić information content (AvgIpc) is 3.03. The summed E-state index contributed by atoms with van der Waals surface area (Å²) in [6.45, 7) is 1.55. The molecule has 1 aromatic carbocycles. The number of anilines is 1. The summed E-state index contributed by atoms with van der Waals surface area (Å²) in [5.74, 6) is 0.690. The molecule has 5 nitrogen and oxygen atoms in total. The normalized spacial score (nSPS) is 10.5. The molecule has 0 aliphatic carbocycles. The number of methoxy groups -OCH3 is 1. The van der Waals surface area contributed by atoms with Gasteiger partial charge in [0.2, 0.25) is 5.91 Å². The van der Waals surface area contributed by atoms with Crippen LogP contribution >= 0.6 is 11.6 Å². The molecule has 2 aromatic rings. The molecule has 0 fully saturated rings. The van der Waals surface area contributed by atoms with Crippen LogP contribution in [0.2, 0.25) is 5.02 Å². The summed E-state index contributed by atoms with van der Waals surface area (Å²) in [5.41, 5.74) is 0.738. The fraction of sp³-hybridized carbons (Fsp3) is 0.312. The molecule has 0 spiro atoms. The van der Waals surface area contributed by atoms with E-state index < -0.39 is 0 Å². The minimum atomic E-state index is -0.0478. The van der Waals surface area contributed by atoms with Gasteiger partial charge in [0.05, 0.1) is 36.7 Å². The molecular weight excluding hydrogens is 304 g/mol. The Morgan fingerprint density at radius 1 is 1.32 bits per heavy atom. The van der Waals surface area contributed by atoms with Gasteiger partial charge in [-0.3, -0.25) is 4.79 Å². The minimum Gasteiger partial charge on any atom is -0.467 e. The Kier molecular flexibility index (Phi) is 6.30. The highest BCUT2D eigenvalue weighted by atomic mass is 35.5. The average molecular weight is 323 g/mol. The van der Waals surface area contributed by atoms with Gasteiger partial charge in [0.15, 0.2) is 0 Å². The van der Waals surface area contributed by atoms with Gasteiger partial charge in [0, 0.05) is 13.7 Å². The zero-order valence-electron chi connectivity index (χ0n) is 12.4. The van der Waals surface area contributed by atoms with Crippen LogP contribution in [0.3, 0.4) is 0 Å². The summed E-state index contributed by atoms with van der Waals surface area (Å²) < 4.78 is 10.4. The van der Waals surface area contributed by atoms with Crippen molar-refractivity contribution >= 4 is 23.2 Å². The largest absolute Gasteiger partial charge is 0.467 e. The van der Waals surface area contributed by atoms with Crippen molar-refractivity contribution in [3.63, 3.8) is 0 Å². The number of carbonyl (C=O) groups excluding carboxylic acids is 1. The van der Waals surface area contributed by atoms with Crippen molar-refractivity contribution in [1.29, 1.82) is 0 Å². The topological polar surface area (TPSA) is 54.7 Å². The SMILES string of the molecule is COCCN(Cc1ccco1)C(=O)CNc1ccccc1Cl. The molecule has 2 rings (SSSR count). The summed E-state index contributed by atoms with van der Waals surface area (Å²) in [7, 11) is 1.61. The second kappa shape index (κ2) is 8.46. The molecule has 0 bridgehead atoms. The van der Waals surface area contributed by atoms with Crippen molar-refractivity contribution in [3.05, 3.63) is 53.4 Å². The van der Waals surface area contributed by atoms with Gasteiger partial charge in [-0.25, -0.2) is 0 Å². The van der Waals surface area contributed by atoms with Crippen molar-refractivity contribution < 1.29 is 13.9 Å². The van der Waals surface area contributed by atoms with Crippen molar-refractivity contribution in [2.45, 2.75) is 6.54 Å². The van der Waals surface area contributed by atoms with E-state index >= 15 is 0 Å². The van der Waals surface area contributed by atoms with Crippen LogP contribution in [0.15, 0.2) is 47.1 Å². The maximum atomic E-state index is 12.4. The highest BCUT2D eigenvalue weighted by Crippen LogP contribution is 2.20. The quantitative estimate of drug-likeness (QED) is 0.811. The van der Waals surface area contributed by atoms with E-state index in [1.807, 2.05) is 24.3 Å². The van der Waals surface area contributed by atoms with Gasteiger partial charge < -0.3 is 19.4 Å². The van der Waals surface area contributed by atoms with Gasteiger partial charge >= 0.3 is 0 Å². The number of hydrogen-bond acceptors (Lipinski definition) is 4. The Labute approximate surface area is 134 Å². The van der Waals surface area contributed by atoms with Crippen molar-refractivity contribution in [1.82, 2.24) is 4.90 Å². The van der Waals surface area contributed by atoms with E-state index in [9.17, 15) is 4.79 Å². The number of furan rings is 1. The zero-order valence-corrected chi connectivity index (χ0v) is 13.2. The predicted octanol–water partition coefficient (Wildman–Crippen LogP) is 3.02. The van der Waals surface area contributed by atoms with Crippen LogP contribution in [-0.2, 0) is 16.1 Å². The van der Waals surface area contributed by atoms with E-state index in [2.05, 4.69) is 5.32 Å². The molecule has 0 atom stereocenters. The number of para-hydroxylation sites is 1. The Bertz CT molecular complexity index is 587. The number of rotatable bonds is 8. The van der Waals surface area contributed by atoms with Gasteiger partial charge in [-0.2, -0.15) is 0 Å². The van der Waals surface area contributed by atoms with Gasteiger partial charge in [-0.05, 0) is 24.3 Å². The lowest BCUT2D eigenvalue weighted by Gasteiger charge is -2.22. The van der Waals surface area contributed by atoms with E-state index in [1.165, 1.54) is 0 Å². The summed E-state index contributed by atoms with van der Waals surface area (Å²) in [6.07, 6.45) is 1.59. The smallest absolute Gasteiger partial charge is 0.242 e. The first kappa shape index (κ1) is 16.4. The standard InChI is InChI=1S/C16H19ClN2O3/c1-21-10-8-19(12-13-5-4-9-22-13)16(20)11-18-15-7-3-2-6-14(15)17/h2-7,9,18H,8,10-12H2,1H3. The molecule has 1 amide bonds. The van der Waals surface area contributed by atoms with Crippen molar-refractivity contribution in [3.8, 4) is 0 Å². The number of halogens is 1. The van der Waals surface area contributed by atoms with Crippen molar-refractivity contribution in [2.75, 3.05) is 32.1 Å². The molecular formula is C16H19ClN2O3. The number of hydrogen-bond donors (Lipinski definition) is 1. The maximum Gasteiger partial charge on any atom is 0.242 e. The van der Waals surface area contributed by atoms with E-state index in [4.69, 9.17) is 20.8 Å². The first-order valence-corrected chi connectivity index (χ1v) is 7.36. The number of carbonyl (C=O) groups is 1. The van der Waals surface area contributed by atoms with Crippen LogP contribution in [-0.4, -0.2) is 37.6 Å². The summed E-state index contributed by atoms with van der Waals surface area (Å²) in [4.78, 5) is 14.1. The highest BCUT2D eigenvalue weighted by molar-refractivity contribution is 6.33. The van der Waals surface area contributed by atoms with Gasteiger partial charge in [-0.1, -0.05) is 23.7 Å². The Hall–Kier alpha value is -1.98. The predicted molar refractivity (Wildman–Crippen MR) is 85.9 cm³/mol. The lowest BCUT2D eigenvalue weighted by molar-refractivity contribution is -0.130. The van der Waals surface area contributed by atoms with E-state index in [0.29, 0.717) is 24.7 Å². The summed E-state index contributed by atoms with van der Waals surface area (Å²) in [5, 5.41) is 3.64. The van der Waals surface area contributed by atoms with Crippen LogP contribution in [0.1, 0.15) is 5.76 Å². The van der Waals surface area contributed by atoms with Gasteiger partial charge in [0.1, 0.15) is 5.76 Å². The van der Waals surface area contributed by atoms with Crippen molar-refractivity contribution in [2.24, 2.45) is 0 Å². The molecule has 0 saturated heterocycles. The molecule has 0 aliphatic heterocycles. The summed E-state index contributed by atoms with van der Waals surface area (Å²) in [6, 6.07) is 11.0. The highest BCUT2D eigenvalue weighted by Gasteiger charge is 2.15. The Morgan fingerprint density at radius 3 is 2.82 bits per heavy atom. The van der Waals surface area contributed by atoms with Gasteiger partial charge in [0.25, 0.3) is 0 Å². The fourth-order valence-electron chi connectivity index (χ4n) is 1.97. The number of nitrogens with zero attached hydrogens (tertiary/aromatic N) is 1. The molecule has 0 radical (unpaired) electrons. The number of benzene rings is 1. The molecule has 1 aromatic heterocycles.